The number of nitrogens with one attached hydrogen (secondary N) is 2. The number of hydrogen-bond acceptors (Lipinski definition) is 8. The Kier molecular flexibility index (Phi) is 8.19. The first-order chi connectivity index (χ1) is 9.11. The van der Waals surface area contributed by atoms with Crippen molar-refractivity contribution in [2.75, 3.05) is 25.4 Å². The quantitative estimate of drug-likeness (QED) is 0.226. The number of aliphatic hydroxyl groups is 4. The lowest BCUT2D eigenvalue weighted by atomic mass is 9.98. The molecule has 0 aliphatic carbocycles. The van der Waals surface area contributed by atoms with E-state index in [0.29, 0.717) is 0 Å². The molecular weight excluding hydrogens is 272 g/mol. The highest BCUT2D eigenvalue weighted by atomic mass is 32.2. The van der Waals surface area contributed by atoms with E-state index < -0.39 is 37.3 Å². The average molecular weight is 296 g/mol. The normalized spacial score (nSPS) is 35.5. The van der Waals surface area contributed by atoms with E-state index in [4.69, 9.17) is 9.84 Å². The fourth-order valence-electron chi connectivity index (χ4n) is 1.80. The molecule has 0 aromatic rings. The fourth-order valence-corrected chi connectivity index (χ4v) is 2.62. The van der Waals surface area contributed by atoms with Gasteiger partial charge in [-0.25, -0.2) is 0 Å². The first-order valence-corrected chi connectivity index (χ1v) is 7.49. The molecule has 6 N–H and O–H groups in total. The van der Waals surface area contributed by atoms with Crippen LogP contribution >= 0.6 is 11.9 Å². The van der Waals surface area contributed by atoms with Crippen molar-refractivity contribution >= 4 is 11.9 Å². The Balaban J connectivity index is 2.28. The molecule has 5 unspecified atom stereocenters. The largest absolute Gasteiger partial charge is 0.394 e. The van der Waals surface area contributed by atoms with Crippen LogP contribution in [0.25, 0.3) is 0 Å². The first kappa shape index (κ1) is 17.1. The van der Waals surface area contributed by atoms with Gasteiger partial charge in [0.1, 0.15) is 18.3 Å². The molecule has 0 radical (unpaired) electrons. The molecule has 1 aliphatic rings. The van der Waals surface area contributed by atoms with Gasteiger partial charge >= 0.3 is 0 Å². The van der Waals surface area contributed by atoms with Crippen molar-refractivity contribution in [3.63, 3.8) is 0 Å². The van der Waals surface area contributed by atoms with Crippen LogP contribution in [-0.4, -0.2) is 76.5 Å². The molecule has 0 spiro atoms. The molecule has 0 saturated carbocycles. The van der Waals surface area contributed by atoms with E-state index in [1.54, 1.807) is 0 Å². The molecule has 1 fully saturated rings. The van der Waals surface area contributed by atoms with E-state index in [0.717, 1.165) is 25.3 Å². The monoisotopic (exact) mass is 296 g/mol. The van der Waals surface area contributed by atoms with Crippen molar-refractivity contribution in [1.29, 1.82) is 0 Å². The van der Waals surface area contributed by atoms with Crippen LogP contribution in [0.4, 0.5) is 0 Å². The van der Waals surface area contributed by atoms with E-state index in [9.17, 15) is 15.3 Å². The molecule has 0 bridgehead atoms. The van der Waals surface area contributed by atoms with Gasteiger partial charge in [0, 0.05) is 12.3 Å². The summed E-state index contributed by atoms with van der Waals surface area (Å²) in [6, 6.07) is -0.783. The van der Waals surface area contributed by atoms with Crippen LogP contribution in [0, 0.1) is 0 Å². The van der Waals surface area contributed by atoms with Crippen LogP contribution in [-0.2, 0) is 4.74 Å². The lowest BCUT2D eigenvalue weighted by Gasteiger charge is -2.40. The molecule has 1 saturated heterocycles. The summed E-state index contributed by atoms with van der Waals surface area (Å²) in [6.07, 6.45) is -3.55. The van der Waals surface area contributed by atoms with Crippen molar-refractivity contribution < 1.29 is 25.2 Å². The van der Waals surface area contributed by atoms with Crippen molar-refractivity contribution in [1.82, 2.24) is 10.0 Å². The maximum atomic E-state index is 9.86. The zero-order chi connectivity index (χ0) is 14.3. The Bertz CT molecular complexity index is 249. The second kappa shape index (κ2) is 9.09. The van der Waals surface area contributed by atoms with Crippen molar-refractivity contribution in [3.05, 3.63) is 0 Å². The van der Waals surface area contributed by atoms with E-state index in [1.807, 2.05) is 0 Å². The standard InChI is InChI=1S/C11H24N2O5S/c1-2-3-12-4-5-19-13-8-10(16)9(15)7(6-14)18-11(8)17/h7-17H,2-6H2,1H3. The summed E-state index contributed by atoms with van der Waals surface area (Å²) in [7, 11) is 0. The Morgan fingerprint density at radius 2 is 1.89 bits per heavy atom. The van der Waals surface area contributed by atoms with E-state index >= 15 is 0 Å². The van der Waals surface area contributed by atoms with Crippen molar-refractivity contribution in [2.24, 2.45) is 0 Å². The van der Waals surface area contributed by atoms with Gasteiger partial charge in [-0.15, -0.1) is 0 Å². The summed E-state index contributed by atoms with van der Waals surface area (Å²) >= 11 is 1.34. The summed E-state index contributed by atoms with van der Waals surface area (Å²) in [6.45, 7) is 3.40. The molecule has 1 aliphatic heterocycles. The predicted octanol–water partition coefficient (Wildman–Crippen LogP) is -1.98. The van der Waals surface area contributed by atoms with Gasteiger partial charge in [-0.1, -0.05) is 18.9 Å². The molecule has 8 heteroatoms. The van der Waals surface area contributed by atoms with Crippen LogP contribution in [0.5, 0.6) is 0 Å². The molecule has 114 valence electrons. The Hall–Kier alpha value is 0.0700. The molecule has 7 nitrogen and oxygen atoms in total. The van der Waals surface area contributed by atoms with Crippen LogP contribution in [0.3, 0.4) is 0 Å². The third-order valence-corrected chi connectivity index (χ3v) is 3.77. The third kappa shape index (κ3) is 5.16. The number of ether oxygens (including phenoxy) is 1. The minimum atomic E-state index is -1.26. The second-order valence-electron chi connectivity index (χ2n) is 4.47. The Morgan fingerprint density at radius 1 is 1.16 bits per heavy atom. The van der Waals surface area contributed by atoms with Gasteiger partial charge < -0.3 is 30.5 Å². The zero-order valence-corrected chi connectivity index (χ0v) is 11.8. The molecular formula is C11H24N2O5S. The predicted molar refractivity (Wildman–Crippen MR) is 72.5 cm³/mol. The number of hydrogen-bond donors (Lipinski definition) is 6. The fraction of sp³-hybridized carbons (Fsp3) is 1.00. The van der Waals surface area contributed by atoms with Gasteiger partial charge in [-0.2, -0.15) is 0 Å². The maximum absolute atomic E-state index is 9.86. The number of rotatable bonds is 8. The average Bonchev–Trinajstić information content (AvgIpc) is 2.41. The van der Waals surface area contributed by atoms with Crippen molar-refractivity contribution in [2.45, 2.75) is 44.0 Å². The van der Waals surface area contributed by atoms with Gasteiger partial charge in [-0.3, -0.25) is 4.72 Å². The van der Waals surface area contributed by atoms with Crippen molar-refractivity contribution in [3.8, 4) is 0 Å². The summed E-state index contributed by atoms with van der Waals surface area (Å²) < 4.78 is 7.91. The molecule has 0 amide bonds. The summed E-state index contributed by atoms with van der Waals surface area (Å²) in [5, 5.41) is 41.4. The molecule has 0 aromatic heterocycles. The summed E-state index contributed by atoms with van der Waals surface area (Å²) in [5.74, 6) is 0.759. The molecule has 1 heterocycles. The minimum Gasteiger partial charge on any atom is -0.394 e. The van der Waals surface area contributed by atoms with Gasteiger partial charge in [-0.05, 0) is 13.0 Å². The first-order valence-electron chi connectivity index (χ1n) is 6.50. The van der Waals surface area contributed by atoms with Crippen LogP contribution < -0.4 is 10.0 Å². The van der Waals surface area contributed by atoms with Crippen LogP contribution in [0.2, 0.25) is 0 Å². The Morgan fingerprint density at radius 3 is 2.53 bits per heavy atom. The highest BCUT2D eigenvalue weighted by Crippen LogP contribution is 2.21. The highest BCUT2D eigenvalue weighted by molar-refractivity contribution is 7.97. The number of aliphatic hydroxyl groups excluding tert-OH is 4. The van der Waals surface area contributed by atoms with Crippen LogP contribution in [0.1, 0.15) is 13.3 Å². The van der Waals surface area contributed by atoms with Gasteiger partial charge in [0.2, 0.25) is 0 Å². The highest BCUT2D eigenvalue weighted by Gasteiger charge is 2.43. The van der Waals surface area contributed by atoms with Gasteiger partial charge in [0.15, 0.2) is 6.29 Å². The summed E-state index contributed by atoms with van der Waals surface area (Å²) in [4.78, 5) is 0. The summed E-state index contributed by atoms with van der Waals surface area (Å²) in [5.41, 5.74) is 0. The van der Waals surface area contributed by atoms with E-state index in [2.05, 4.69) is 17.0 Å². The van der Waals surface area contributed by atoms with Gasteiger partial charge in [0.05, 0.1) is 12.6 Å². The molecule has 5 atom stereocenters. The molecule has 0 aromatic carbocycles. The smallest absolute Gasteiger partial charge is 0.174 e. The maximum Gasteiger partial charge on any atom is 0.174 e. The van der Waals surface area contributed by atoms with Gasteiger partial charge in [0.25, 0.3) is 0 Å². The van der Waals surface area contributed by atoms with Crippen LogP contribution in [0.15, 0.2) is 0 Å². The minimum absolute atomic E-state index is 0.448. The third-order valence-electron chi connectivity index (χ3n) is 2.93. The Labute approximate surface area is 117 Å². The SMILES string of the molecule is CCCNCCSNC1C(O)OC(CO)C(O)C1O. The molecule has 19 heavy (non-hydrogen) atoms. The lowest BCUT2D eigenvalue weighted by molar-refractivity contribution is -0.251. The second-order valence-corrected chi connectivity index (χ2v) is 5.40. The lowest BCUT2D eigenvalue weighted by Crippen LogP contribution is -2.62. The zero-order valence-electron chi connectivity index (χ0n) is 11.0. The molecule has 1 rings (SSSR count). The van der Waals surface area contributed by atoms with E-state index in [-0.39, 0.29) is 0 Å². The van der Waals surface area contributed by atoms with E-state index in [1.165, 1.54) is 11.9 Å². The topological polar surface area (TPSA) is 114 Å².